The maximum absolute atomic E-state index is 13.6. The molecule has 5 nitrogen and oxygen atoms in total. The molecule has 0 aromatic heterocycles. The standard InChI is InChI=1S/C21H23F2NO4/c1-12(2)16-9-8-15(10-13(16)3)27-11-19(25)28-14(4)21(26)24-20-17(22)6-5-7-18(20)23/h5-10,12,14H,11H2,1-4H3,(H,24,26)/t14-/m1/s1. The van der Waals surface area contributed by atoms with Gasteiger partial charge in [0.25, 0.3) is 5.91 Å². The highest BCUT2D eigenvalue weighted by Crippen LogP contribution is 2.23. The highest BCUT2D eigenvalue weighted by Gasteiger charge is 2.21. The topological polar surface area (TPSA) is 64.6 Å². The van der Waals surface area contributed by atoms with Crippen LogP contribution in [0.2, 0.25) is 0 Å². The van der Waals surface area contributed by atoms with Crippen molar-refractivity contribution in [1.29, 1.82) is 0 Å². The van der Waals surface area contributed by atoms with Crippen molar-refractivity contribution >= 4 is 17.6 Å². The molecule has 2 aromatic carbocycles. The number of amides is 1. The summed E-state index contributed by atoms with van der Waals surface area (Å²) in [6.45, 7) is 7.02. The van der Waals surface area contributed by atoms with Crippen LogP contribution in [-0.2, 0) is 14.3 Å². The summed E-state index contributed by atoms with van der Waals surface area (Å²) in [5.41, 5.74) is 1.63. The molecule has 0 aliphatic heterocycles. The van der Waals surface area contributed by atoms with E-state index in [9.17, 15) is 18.4 Å². The number of anilines is 1. The van der Waals surface area contributed by atoms with Crippen LogP contribution in [0.1, 0.15) is 37.8 Å². The fourth-order valence-electron chi connectivity index (χ4n) is 2.65. The number of aryl methyl sites for hydroxylation is 1. The number of rotatable bonds is 7. The summed E-state index contributed by atoms with van der Waals surface area (Å²) < 4.78 is 37.5. The third-order valence-corrected chi connectivity index (χ3v) is 4.11. The van der Waals surface area contributed by atoms with Crippen LogP contribution >= 0.6 is 0 Å². The van der Waals surface area contributed by atoms with Gasteiger partial charge in [-0.3, -0.25) is 4.79 Å². The van der Waals surface area contributed by atoms with Crippen LogP contribution in [-0.4, -0.2) is 24.6 Å². The second kappa shape index (κ2) is 9.30. The molecule has 0 saturated heterocycles. The van der Waals surface area contributed by atoms with Gasteiger partial charge in [0, 0.05) is 0 Å². The minimum Gasteiger partial charge on any atom is -0.482 e. The first-order chi connectivity index (χ1) is 13.2. The van der Waals surface area contributed by atoms with Gasteiger partial charge in [-0.1, -0.05) is 26.0 Å². The first-order valence-electron chi connectivity index (χ1n) is 8.86. The molecule has 0 saturated carbocycles. The number of benzene rings is 2. The molecule has 2 rings (SSSR count). The number of hydrogen-bond acceptors (Lipinski definition) is 4. The summed E-state index contributed by atoms with van der Waals surface area (Å²) in [7, 11) is 0. The maximum atomic E-state index is 13.6. The highest BCUT2D eigenvalue weighted by molar-refractivity contribution is 5.95. The van der Waals surface area contributed by atoms with E-state index in [0.717, 1.165) is 17.7 Å². The zero-order valence-electron chi connectivity index (χ0n) is 16.2. The number of hydrogen-bond donors (Lipinski definition) is 1. The van der Waals surface area contributed by atoms with Gasteiger partial charge in [0.2, 0.25) is 0 Å². The normalized spacial score (nSPS) is 11.8. The highest BCUT2D eigenvalue weighted by atomic mass is 19.1. The third-order valence-electron chi connectivity index (χ3n) is 4.11. The van der Waals surface area contributed by atoms with Crippen molar-refractivity contribution in [2.24, 2.45) is 0 Å². The van der Waals surface area contributed by atoms with Crippen molar-refractivity contribution in [3.63, 3.8) is 0 Å². The zero-order valence-corrected chi connectivity index (χ0v) is 16.2. The quantitative estimate of drug-likeness (QED) is 0.713. The molecule has 1 atom stereocenters. The number of halogens is 2. The van der Waals surface area contributed by atoms with Gasteiger partial charge in [-0.05, 0) is 55.2 Å². The molecule has 28 heavy (non-hydrogen) atoms. The molecule has 0 bridgehead atoms. The largest absolute Gasteiger partial charge is 0.482 e. The van der Waals surface area contributed by atoms with Crippen LogP contribution in [0.25, 0.3) is 0 Å². The number of nitrogens with one attached hydrogen (secondary N) is 1. The van der Waals surface area contributed by atoms with Crippen molar-refractivity contribution in [3.05, 3.63) is 59.2 Å². The van der Waals surface area contributed by atoms with E-state index in [0.29, 0.717) is 11.7 Å². The lowest BCUT2D eigenvalue weighted by molar-refractivity contribution is -0.155. The molecule has 7 heteroatoms. The van der Waals surface area contributed by atoms with Crippen molar-refractivity contribution in [2.45, 2.75) is 39.7 Å². The Hall–Kier alpha value is -2.96. The Morgan fingerprint density at radius 2 is 1.71 bits per heavy atom. The van der Waals surface area contributed by atoms with E-state index in [4.69, 9.17) is 9.47 Å². The Bertz CT molecular complexity index is 847. The van der Waals surface area contributed by atoms with Gasteiger partial charge in [0.05, 0.1) is 0 Å². The molecule has 0 fully saturated rings. The van der Waals surface area contributed by atoms with Gasteiger partial charge < -0.3 is 14.8 Å². The maximum Gasteiger partial charge on any atom is 0.344 e. The van der Waals surface area contributed by atoms with Crippen molar-refractivity contribution in [2.75, 3.05) is 11.9 Å². The monoisotopic (exact) mass is 391 g/mol. The Kier molecular flexibility index (Phi) is 7.09. The first kappa shape index (κ1) is 21.3. The van der Waals surface area contributed by atoms with Crippen LogP contribution in [0, 0.1) is 18.6 Å². The lowest BCUT2D eigenvalue weighted by Gasteiger charge is -2.15. The summed E-state index contributed by atoms with van der Waals surface area (Å²) in [4.78, 5) is 23.9. The summed E-state index contributed by atoms with van der Waals surface area (Å²) >= 11 is 0. The van der Waals surface area contributed by atoms with Crippen LogP contribution in [0.15, 0.2) is 36.4 Å². The van der Waals surface area contributed by atoms with Crippen LogP contribution in [0.4, 0.5) is 14.5 Å². The van der Waals surface area contributed by atoms with Gasteiger partial charge in [-0.25, -0.2) is 13.6 Å². The van der Waals surface area contributed by atoms with Gasteiger partial charge in [0.15, 0.2) is 12.7 Å². The molecule has 1 N–H and O–H groups in total. The second-order valence-corrected chi connectivity index (χ2v) is 6.68. The molecule has 0 aliphatic rings. The van der Waals surface area contributed by atoms with Gasteiger partial charge in [-0.15, -0.1) is 0 Å². The molecule has 0 spiro atoms. The number of esters is 1. The zero-order chi connectivity index (χ0) is 20.8. The average molecular weight is 391 g/mol. The van der Waals surface area contributed by atoms with E-state index in [-0.39, 0.29) is 0 Å². The Morgan fingerprint density at radius 3 is 2.29 bits per heavy atom. The van der Waals surface area contributed by atoms with Crippen molar-refractivity contribution in [3.8, 4) is 5.75 Å². The summed E-state index contributed by atoms with van der Waals surface area (Å²) in [6.07, 6.45) is -1.25. The Balaban J connectivity index is 1.88. The van der Waals surface area contributed by atoms with E-state index in [1.54, 1.807) is 6.07 Å². The molecule has 150 valence electrons. The Labute approximate surface area is 162 Å². The predicted octanol–water partition coefficient (Wildman–Crippen LogP) is 4.35. The molecular weight excluding hydrogens is 368 g/mol. The van der Waals surface area contributed by atoms with Gasteiger partial charge in [-0.2, -0.15) is 0 Å². The van der Waals surface area contributed by atoms with Crippen LogP contribution in [0.3, 0.4) is 0 Å². The van der Waals surface area contributed by atoms with Gasteiger partial charge in [0.1, 0.15) is 23.1 Å². The smallest absolute Gasteiger partial charge is 0.344 e. The van der Waals surface area contributed by atoms with E-state index in [1.807, 2.05) is 19.1 Å². The molecule has 0 heterocycles. The molecule has 0 aliphatic carbocycles. The van der Waals surface area contributed by atoms with E-state index < -0.39 is 41.9 Å². The molecule has 2 aromatic rings. The van der Waals surface area contributed by atoms with Crippen LogP contribution in [0.5, 0.6) is 5.75 Å². The molecule has 1 amide bonds. The summed E-state index contributed by atoms with van der Waals surface area (Å²) in [5.74, 6) is -2.59. The molecule has 0 radical (unpaired) electrons. The fourth-order valence-corrected chi connectivity index (χ4v) is 2.65. The summed E-state index contributed by atoms with van der Waals surface area (Å²) in [6, 6.07) is 8.70. The number of ether oxygens (including phenoxy) is 2. The van der Waals surface area contributed by atoms with Crippen LogP contribution < -0.4 is 10.1 Å². The minimum atomic E-state index is -1.25. The lowest BCUT2D eigenvalue weighted by atomic mass is 9.98. The van der Waals surface area contributed by atoms with E-state index in [1.165, 1.54) is 18.6 Å². The SMILES string of the molecule is Cc1cc(OCC(=O)O[C@H](C)C(=O)Nc2c(F)cccc2F)ccc1C(C)C. The summed E-state index contributed by atoms with van der Waals surface area (Å²) in [5, 5.41) is 2.07. The third kappa shape index (κ3) is 5.52. The minimum absolute atomic E-state index is 0.373. The predicted molar refractivity (Wildman–Crippen MR) is 101 cm³/mol. The van der Waals surface area contributed by atoms with Crippen molar-refractivity contribution in [1.82, 2.24) is 0 Å². The molecular formula is C21H23F2NO4. The van der Waals surface area contributed by atoms with Crippen molar-refractivity contribution < 1.29 is 27.8 Å². The number of carbonyl (C=O) groups is 2. The second-order valence-electron chi connectivity index (χ2n) is 6.68. The first-order valence-corrected chi connectivity index (χ1v) is 8.86. The fraction of sp³-hybridized carbons (Fsp3) is 0.333. The Morgan fingerprint density at radius 1 is 1.07 bits per heavy atom. The average Bonchev–Trinajstić information content (AvgIpc) is 2.62. The van der Waals surface area contributed by atoms with E-state index in [2.05, 4.69) is 19.2 Å². The van der Waals surface area contributed by atoms with E-state index >= 15 is 0 Å². The van der Waals surface area contributed by atoms with Gasteiger partial charge >= 0.3 is 5.97 Å². The number of carbonyl (C=O) groups excluding carboxylic acids is 2. The number of para-hydroxylation sites is 1. The lowest BCUT2D eigenvalue weighted by Crippen LogP contribution is -2.32. The molecule has 0 unspecified atom stereocenters.